The van der Waals surface area contributed by atoms with Crippen LogP contribution in [0.2, 0.25) is 5.02 Å². The Labute approximate surface area is 85.0 Å². The molecule has 1 rings (SSSR count). The molecule has 0 heterocycles. The fraction of sp³-hybridized carbons (Fsp3) is 0. The maximum atomic E-state index is 10.9. The Morgan fingerprint density at radius 2 is 2.27 bits per heavy atom. The molecule has 0 bridgehead atoms. The van der Waals surface area contributed by atoms with E-state index in [1.54, 1.807) is 24.3 Å². The zero-order chi connectivity index (χ0) is 8.27. The first-order valence-electron chi connectivity index (χ1n) is 2.85. The summed E-state index contributed by atoms with van der Waals surface area (Å²) in [5.41, 5.74) is 0.500. The van der Waals surface area contributed by atoms with Gasteiger partial charge in [-0.25, -0.2) is 0 Å². The first kappa shape index (κ1) is 8.96. The van der Waals surface area contributed by atoms with Gasteiger partial charge in [0.1, 0.15) is 0 Å². The van der Waals surface area contributed by atoms with Crippen LogP contribution in [0.5, 0.6) is 0 Å². The quantitative estimate of drug-likeness (QED) is 0.708. The van der Waals surface area contributed by atoms with Crippen molar-refractivity contribution in [2.45, 2.75) is 0 Å². The standard InChI is InChI=1S/C7H5ClO2.Bi/c8-6-3-1-2-5(4-6)7(9)10;/h1-4H,(H,9,10);/q;+1/p-1. The Morgan fingerprint density at radius 1 is 1.55 bits per heavy atom. The van der Waals surface area contributed by atoms with Gasteiger partial charge in [0.05, 0.1) is 0 Å². The zero-order valence-corrected chi connectivity index (χ0v) is 9.68. The van der Waals surface area contributed by atoms with Crippen molar-refractivity contribution in [2.24, 2.45) is 0 Å². The second-order valence-corrected chi connectivity index (χ2v) is 3.04. The van der Waals surface area contributed by atoms with Crippen molar-refractivity contribution in [3.63, 3.8) is 0 Å². The maximum absolute atomic E-state index is 10.9. The van der Waals surface area contributed by atoms with E-state index >= 15 is 0 Å². The number of rotatable bonds is 1. The summed E-state index contributed by atoms with van der Waals surface area (Å²) < 4.78 is 4.60. The minimum absolute atomic E-state index is 0.319. The van der Waals surface area contributed by atoms with E-state index in [1.807, 2.05) is 0 Å². The Kier molecular flexibility index (Phi) is 3.28. The molecule has 0 amide bonds. The first-order valence-corrected chi connectivity index (χ1v) is 4.65. The van der Waals surface area contributed by atoms with Gasteiger partial charge in [-0.05, 0) is 0 Å². The van der Waals surface area contributed by atoms with E-state index in [1.165, 1.54) is 0 Å². The average molecular weight is 365 g/mol. The van der Waals surface area contributed by atoms with Crippen molar-refractivity contribution in [3.05, 3.63) is 34.9 Å². The summed E-state index contributed by atoms with van der Waals surface area (Å²) in [5.74, 6) is -0.319. The minimum atomic E-state index is -0.319. The van der Waals surface area contributed by atoms with E-state index in [9.17, 15) is 4.79 Å². The Hall–Kier alpha value is -0.137. The summed E-state index contributed by atoms with van der Waals surface area (Å²) in [4.78, 5) is 10.9. The van der Waals surface area contributed by atoms with Crippen LogP contribution in [0.4, 0.5) is 0 Å². The molecule has 0 aromatic heterocycles. The first-order chi connectivity index (χ1) is 5.24. The van der Waals surface area contributed by atoms with Gasteiger partial charge in [-0.1, -0.05) is 0 Å². The monoisotopic (exact) mass is 364 g/mol. The predicted octanol–water partition coefficient (Wildman–Crippen LogP) is 1.58. The Balaban J connectivity index is 2.96. The van der Waals surface area contributed by atoms with E-state index in [-0.39, 0.29) is 5.97 Å². The fourth-order valence-corrected chi connectivity index (χ4v) is 1.27. The van der Waals surface area contributed by atoms with Gasteiger partial charge < -0.3 is 0 Å². The molecule has 0 fully saturated rings. The van der Waals surface area contributed by atoms with Gasteiger partial charge in [0.25, 0.3) is 0 Å². The molecule has 2 nitrogen and oxygen atoms in total. The molecule has 11 heavy (non-hydrogen) atoms. The van der Waals surface area contributed by atoms with E-state index in [4.69, 9.17) is 11.6 Å². The second-order valence-electron chi connectivity index (χ2n) is 1.89. The number of benzene rings is 1. The van der Waals surface area contributed by atoms with Crippen molar-refractivity contribution >= 4 is 42.7 Å². The van der Waals surface area contributed by atoms with Crippen LogP contribution in [0, 0.1) is 0 Å². The van der Waals surface area contributed by atoms with Gasteiger partial charge in [0, 0.05) is 0 Å². The molecule has 0 N–H and O–H groups in total. The van der Waals surface area contributed by atoms with Crippen LogP contribution < -0.4 is 0 Å². The zero-order valence-electron chi connectivity index (χ0n) is 5.45. The molecular weight excluding hydrogens is 361 g/mol. The van der Waals surface area contributed by atoms with Crippen molar-refractivity contribution < 1.29 is 7.61 Å². The van der Waals surface area contributed by atoms with Crippen LogP contribution in [-0.4, -0.2) is 31.1 Å². The molecule has 0 aliphatic heterocycles. The van der Waals surface area contributed by atoms with Crippen LogP contribution in [-0.2, 0) is 2.81 Å². The van der Waals surface area contributed by atoms with Crippen LogP contribution in [0.1, 0.15) is 10.4 Å². The van der Waals surface area contributed by atoms with Crippen LogP contribution in [0.3, 0.4) is 0 Å². The molecular formula is C7H4BiClO2. The van der Waals surface area contributed by atoms with Gasteiger partial charge in [0.15, 0.2) is 0 Å². The van der Waals surface area contributed by atoms with Crippen LogP contribution in [0.15, 0.2) is 24.3 Å². The number of hydrogen-bond donors (Lipinski definition) is 0. The van der Waals surface area contributed by atoms with Gasteiger partial charge in [-0.15, -0.1) is 0 Å². The van der Waals surface area contributed by atoms with Gasteiger partial charge in [-0.2, -0.15) is 0 Å². The molecule has 0 spiro atoms. The SMILES string of the molecule is O=C([O][Bi])c1cccc(Cl)c1. The Bertz CT molecular complexity index is 275. The Morgan fingerprint density at radius 3 is 2.82 bits per heavy atom. The molecule has 2 radical (unpaired) electrons. The summed E-state index contributed by atoms with van der Waals surface area (Å²) in [7, 11) is 0. The summed E-state index contributed by atoms with van der Waals surface area (Å²) in [6.45, 7) is 0. The molecule has 56 valence electrons. The molecule has 0 saturated carbocycles. The predicted molar refractivity (Wildman–Crippen MR) is 42.6 cm³/mol. The number of carbonyl (C=O) groups is 1. The molecule has 1 aromatic carbocycles. The molecule has 1 aromatic rings. The number of hydrogen-bond acceptors (Lipinski definition) is 2. The molecule has 0 aliphatic carbocycles. The summed E-state index contributed by atoms with van der Waals surface area (Å²) in [6, 6.07) is 6.68. The topological polar surface area (TPSA) is 26.3 Å². The van der Waals surface area contributed by atoms with E-state index < -0.39 is 0 Å². The third-order valence-electron chi connectivity index (χ3n) is 1.14. The van der Waals surface area contributed by atoms with Crippen LogP contribution >= 0.6 is 11.6 Å². The third kappa shape index (κ3) is 2.42. The van der Waals surface area contributed by atoms with Crippen molar-refractivity contribution in [2.75, 3.05) is 0 Å². The number of carbonyl (C=O) groups excluding carboxylic acids is 1. The molecule has 0 unspecified atom stereocenters. The van der Waals surface area contributed by atoms with Crippen molar-refractivity contribution in [1.82, 2.24) is 0 Å². The van der Waals surface area contributed by atoms with Gasteiger partial charge in [0.2, 0.25) is 0 Å². The third-order valence-corrected chi connectivity index (χ3v) is 2.02. The molecule has 4 heteroatoms. The van der Waals surface area contributed by atoms with E-state index in [0.29, 0.717) is 35.7 Å². The summed E-state index contributed by atoms with van der Waals surface area (Å²) >= 11 is 6.24. The average Bonchev–Trinajstić information content (AvgIpc) is 2.03. The van der Waals surface area contributed by atoms with E-state index in [0.717, 1.165) is 0 Å². The molecule has 0 aliphatic rings. The van der Waals surface area contributed by atoms with Crippen LogP contribution in [0.25, 0.3) is 0 Å². The normalized spacial score (nSPS) is 9.27. The summed E-state index contributed by atoms with van der Waals surface area (Å²) in [5, 5.41) is 0.547. The summed E-state index contributed by atoms with van der Waals surface area (Å²) in [6.07, 6.45) is 0. The van der Waals surface area contributed by atoms with Gasteiger partial charge >= 0.3 is 85.2 Å². The van der Waals surface area contributed by atoms with E-state index in [2.05, 4.69) is 2.81 Å². The van der Waals surface area contributed by atoms with Gasteiger partial charge in [-0.3, -0.25) is 0 Å². The number of halogens is 1. The van der Waals surface area contributed by atoms with Crippen molar-refractivity contribution in [1.29, 1.82) is 0 Å². The molecule has 0 atom stereocenters. The van der Waals surface area contributed by atoms with Crippen molar-refractivity contribution in [3.8, 4) is 0 Å². The molecule has 0 saturated heterocycles. The fourth-order valence-electron chi connectivity index (χ4n) is 0.668. The second kappa shape index (κ2) is 4.03.